The van der Waals surface area contributed by atoms with Crippen molar-refractivity contribution in [3.63, 3.8) is 0 Å². The average Bonchev–Trinajstić information content (AvgIpc) is 3.23. The van der Waals surface area contributed by atoms with Gasteiger partial charge in [0.15, 0.2) is 0 Å². The molecule has 2 heterocycles. The maximum absolute atomic E-state index is 4.73. The summed E-state index contributed by atoms with van der Waals surface area (Å²) < 4.78 is 0. The lowest BCUT2D eigenvalue weighted by molar-refractivity contribution is 0.926. The van der Waals surface area contributed by atoms with Crippen molar-refractivity contribution in [3.05, 3.63) is 35.9 Å². The van der Waals surface area contributed by atoms with E-state index in [-0.39, 0.29) is 0 Å². The second kappa shape index (κ2) is 4.96. The molecule has 4 heteroatoms. The molecule has 19 heavy (non-hydrogen) atoms. The normalized spacial score (nSPS) is 14.4. The number of hydrogen-bond donors (Lipinski definition) is 1. The van der Waals surface area contributed by atoms with Crippen molar-refractivity contribution in [1.82, 2.24) is 15.0 Å². The molecule has 0 aromatic carbocycles. The van der Waals surface area contributed by atoms with E-state index in [1.54, 1.807) is 0 Å². The lowest BCUT2D eigenvalue weighted by atomic mass is 10.1. The molecule has 0 unspecified atom stereocenters. The first-order valence-corrected chi connectivity index (χ1v) is 6.81. The minimum atomic E-state index is 0.555. The number of aromatic nitrogens is 3. The Balaban J connectivity index is 2.06. The molecule has 1 aliphatic carbocycles. The van der Waals surface area contributed by atoms with Gasteiger partial charge in [0, 0.05) is 36.5 Å². The highest BCUT2D eigenvalue weighted by Gasteiger charge is 2.27. The standard InChI is InChI=1S/C15H18N4/c1-3-17-14-8-13(12-6-7-16-9-10(12)2)18-15(19-14)11-4-5-11/h6-9,11H,3-5H2,1-2H3,(H,17,18,19). The Kier molecular flexibility index (Phi) is 3.15. The number of pyridine rings is 1. The number of rotatable bonds is 4. The molecule has 0 saturated heterocycles. The summed E-state index contributed by atoms with van der Waals surface area (Å²) >= 11 is 0. The fraction of sp³-hybridized carbons (Fsp3) is 0.400. The summed E-state index contributed by atoms with van der Waals surface area (Å²) in [6.45, 7) is 5.01. The van der Waals surface area contributed by atoms with E-state index in [9.17, 15) is 0 Å². The molecule has 2 aromatic rings. The molecule has 3 rings (SSSR count). The summed E-state index contributed by atoms with van der Waals surface area (Å²) in [7, 11) is 0. The number of aryl methyl sites for hydroxylation is 1. The van der Waals surface area contributed by atoms with Gasteiger partial charge in [0.2, 0.25) is 0 Å². The van der Waals surface area contributed by atoms with Crippen LogP contribution in [0.4, 0.5) is 5.82 Å². The van der Waals surface area contributed by atoms with Crippen LogP contribution in [0, 0.1) is 6.92 Å². The Morgan fingerprint density at radius 2 is 2.16 bits per heavy atom. The lowest BCUT2D eigenvalue weighted by Crippen LogP contribution is -2.04. The van der Waals surface area contributed by atoms with Crippen molar-refractivity contribution in [3.8, 4) is 11.3 Å². The third kappa shape index (κ3) is 2.57. The molecule has 0 amide bonds. The van der Waals surface area contributed by atoms with E-state index in [1.165, 1.54) is 12.8 Å². The van der Waals surface area contributed by atoms with Crippen LogP contribution in [0.1, 0.15) is 37.1 Å². The molecule has 0 atom stereocenters. The first kappa shape index (κ1) is 12.1. The second-order valence-corrected chi connectivity index (χ2v) is 4.99. The van der Waals surface area contributed by atoms with Crippen molar-refractivity contribution >= 4 is 5.82 Å². The number of hydrogen-bond acceptors (Lipinski definition) is 4. The van der Waals surface area contributed by atoms with Gasteiger partial charge in [-0.3, -0.25) is 4.98 Å². The highest BCUT2D eigenvalue weighted by atomic mass is 15.0. The van der Waals surface area contributed by atoms with Gasteiger partial charge in [-0.15, -0.1) is 0 Å². The van der Waals surface area contributed by atoms with E-state index in [4.69, 9.17) is 4.98 Å². The summed E-state index contributed by atoms with van der Waals surface area (Å²) in [5.74, 6) is 2.45. The Bertz CT molecular complexity index is 590. The fourth-order valence-corrected chi connectivity index (χ4v) is 2.16. The number of nitrogens with one attached hydrogen (secondary N) is 1. The Hall–Kier alpha value is -1.97. The van der Waals surface area contributed by atoms with Gasteiger partial charge in [0.05, 0.1) is 5.69 Å². The van der Waals surface area contributed by atoms with Gasteiger partial charge >= 0.3 is 0 Å². The van der Waals surface area contributed by atoms with Crippen LogP contribution in [-0.2, 0) is 0 Å². The van der Waals surface area contributed by atoms with Crippen LogP contribution in [0.5, 0.6) is 0 Å². The van der Waals surface area contributed by atoms with E-state index in [0.29, 0.717) is 5.92 Å². The van der Waals surface area contributed by atoms with Crippen LogP contribution in [0.15, 0.2) is 24.5 Å². The summed E-state index contributed by atoms with van der Waals surface area (Å²) in [5.41, 5.74) is 3.27. The largest absolute Gasteiger partial charge is 0.370 e. The molecule has 98 valence electrons. The number of anilines is 1. The maximum atomic E-state index is 4.73. The topological polar surface area (TPSA) is 50.7 Å². The molecule has 2 aromatic heterocycles. The predicted octanol–water partition coefficient (Wildman–Crippen LogP) is 3.16. The molecule has 0 spiro atoms. The molecule has 0 bridgehead atoms. The fourth-order valence-electron chi connectivity index (χ4n) is 2.16. The summed E-state index contributed by atoms with van der Waals surface area (Å²) in [5, 5.41) is 3.29. The van der Waals surface area contributed by atoms with Crippen molar-refractivity contribution < 1.29 is 0 Å². The van der Waals surface area contributed by atoms with Gasteiger partial charge in [-0.2, -0.15) is 0 Å². The maximum Gasteiger partial charge on any atom is 0.134 e. The zero-order valence-electron chi connectivity index (χ0n) is 11.3. The first-order chi connectivity index (χ1) is 9.28. The van der Waals surface area contributed by atoms with Crippen LogP contribution in [0.25, 0.3) is 11.3 Å². The smallest absolute Gasteiger partial charge is 0.134 e. The third-order valence-corrected chi connectivity index (χ3v) is 3.34. The molecule has 1 aliphatic rings. The van der Waals surface area contributed by atoms with Gasteiger partial charge in [-0.25, -0.2) is 9.97 Å². The molecular formula is C15H18N4. The summed E-state index contributed by atoms with van der Waals surface area (Å²) in [6, 6.07) is 4.04. The van der Waals surface area contributed by atoms with Gasteiger partial charge in [0.25, 0.3) is 0 Å². The van der Waals surface area contributed by atoms with E-state index in [1.807, 2.05) is 24.5 Å². The van der Waals surface area contributed by atoms with Crippen molar-refractivity contribution in [2.45, 2.75) is 32.6 Å². The highest BCUT2D eigenvalue weighted by molar-refractivity contribution is 5.65. The Morgan fingerprint density at radius 3 is 2.84 bits per heavy atom. The second-order valence-electron chi connectivity index (χ2n) is 4.99. The Morgan fingerprint density at radius 1 is 1.32 bits per heavy atom. The predicted molar refractivity (Wildman–Crippen MR) is 76.1 cm³/mol. The molecule has 1 saturated carbocycles. The van der Waals surface area contributed by atoms with E-state index >= 15 is 0 Å². The summed E-state index contributed by atoms with van der Waals surface area (Å²) in [4.78, 5) is 13.5. The van der Waals surface area contributed by atoms with E-state index in [2.05, 4.69) is 29.1 Å². The average molecular weight is 254 g/mol. The van der Waals surface area contributed by atoms with Crippen molar-refractivity contribution in [2.24, 2.45) is 0 Å². The minimum absolute atomic E-state index is 0.555. The van der Waals surface area contributed by atoms with E-state index < -0.39 is 0 Å². The molecule has 0 radical (unpaired) electrons. The highest BCUT2D eigenvalue weighted by Crippen LogP contribution is 2.39. The van der Waals surface area contributed by atoms with Crippen LogP contribution in [0.2, 0.25) is 0 Å². The van der Waals surface area contributed by atoms with Gasteiger partial charge < -0.3 is 5.32 Å². The molecule has 4 nitrogen and oxygen atoms in total. The van der Waals surface area contributed by atoms with Crippen LogP contribution in [-0.4, -0.2) is 21.5 Å². The van der Waals surface area contributed by atoms with Gasteiger partial charge in [-0.1, -0.05) is 0 Å². The van der Waals surface area contributed by atoms with Gasteiger partial charge in [-0.05, 0) is 38.3 Å². The zero-order valence-corrected chi connectivity index (χ0v) is 11.3. The SMILES string of the molecule is CCNc1cc(-c2ccncc2C)nc(C2CC2)n1. The zero-order chi connectivity index (χ0) is 13.2. The number of nitrogens with zero attached hydrogens (tertiary/aromatic N) is 3. The van der Waals surface area contributed by atoms with Crippen LogP contribution >= 0.6 is 0 Å². The molecule has 1 fully saturated rings. The molecule has 0 aliphatic heterocycles. The molecular weight excluding hydrogens is 236 g/mol. The van der Waals surface area contributed by atoms with Crippen molar-refractivity contribution in [1.29, 1.82) is 0 Å². The van der Waals surface area contributed by atoms with Gasteiger partial charge in [0.1, 0.15) is 11.6 Å². The Labute approximate surface area is 113 Å². The van der Waals surface area contributed by atoms with E-state index in [0.717, 1.165) is 35.0 Å². The van der Waals surface area contributed by atoms with Crippen LogP contribution in [0.3, 0.4) is 0 Å². The van der Waals surface area contributed by atoms with Crippen molar-refractivity contribution in [2.75, 3.05) is 11.9 Å². The quantitative estimate of drug-likeness (QED) is 0.910. The van der Waals surface area contributed by atoms with Crippen LogP contribution < -0.4 is 5.32 Å². The first-order valence-electron chi connectivity index (χ1n) is 6.81. The third-order valence-electron chi connectivity index (χ3n) is 3.34. The monoisotopic (exact) mass is 254 g/mol. The minimum Gasteiger partial charge on any atom is -0.370 e. The molecule has 1 N–H and O–H groups in total. The lowest BCUT2D eigenvalue weighted by Gasteiger charge is -2.10. The summed E-state index contributed by atoms with van der Waals surface area (Å²) in [6.07, 6.45) is 6.12.